The molecule has 0 fully saturated rings. The van der Waals surface area contributed by atoms with Gasteiger partial charge in [0.25, 0.3) is 0 Å². The van der Waals surface area contributed by atoms with Crippen LogP contribution < -0.4 is 11.1 Å². The van der Waals surface area contributed by atoms with E-state index in [1.807, 2.05) is 18.2 Å². The Kier molecular flexibility index (Phi) is 3.32. The molecule has 2 heteroatoms. The zero-order valence-corrected chi connectivity index (χ0v) is 8.54. The molecular weight excluding hydrogens is 160 g/mol. The van der Waals surface area contributed by atoms with Crippen LogP contribution >= 0.6 is 0 Å². The van der Waals surface area contributed by atoms with E-state index in [1.165, 1.54) is 5.56 Å². The highest BCUT2D eigenvalue weighted by Crippen LogP contribution is 2.19. The first-order valence-electron chi connectivity index (χ1n) is 4.71. The Morgan fingerprint density at radius 1 is 1.15 bits per heavy atom. The van der Waals surface area contributed by atoms with Gasteiger partial charge in [0.2, 0.25) is 0 Å². The molecule has 0 radical (unpaired) electrons. The second kappa shape index (κ2) is 4.28. The number of nitrogens with two attached hydrogens (primary N) is 1. The van der Waals surface area contributed by atoms with Crippen LogP contribution in [-0.2, 0) is 0 Å². The minimum Gasteiger partial charge on any atom is -0.398 e. The van der Waals surface area contributed by atoms with Gasteiger partial charge in [0, 0.05) is 17.8 Å². The van der Waals surface area contributed by atoms with Crippen LogP contribution in [0.5, 0.6) is 0 Å². The first-order valence-corrected chi connectivity index (χ1v) is 4.71. The normalized spacial score (nSPS) is 13.2. The first-order chi connectivity index (χ1) is 6.11. The molecule has 0 aliphatic carbocycles. The molecule has 0 aliphatic rings. The van der Waals surface area contributed by atoms with E-state index in [0.717, 1.165) is 5.69 Å². The summed E-state index contributed by atoms with van der Waals surface area (Å²) < 4.78 is 0. The van der Waals surface area contributed by atoms with Crippen molar-refractivity contribution in [1.29, 1.82) is 0 Å². The topological polar surface area (TPSA) is 38.0 Å². The molecule has 0 bridgehead atoms. The van der Waals surface area contributed by atoms with Gasteiger partial charge >= 0.3 is 0 Å². The van der Waals surface area contributed by atoms with Crippen LogP contribution in [0.1, 0.15) is 32.4 Å². The number of nitrogen functional groups attached to an aromatic ring is 1. The third-order valence-corrected chi connectivity index (χ3v) is 2.05. The fraction of sp³-hybridized carbons (Fsp3) is 0.455. The number of hydrogen-bond acceptors (Lipinski definition) is 2. The number of benzene rings is 1. The Balaban J connectivity index is 2.76. The molecule has 1 aromatic carbocycles. The molecule has 1 rings (SSSR count). The van der Waals surface area contributed by atoms with Crippen molar-refractivity contribution in [2.45, 2.75) is 32.9 Å². The van der Waals surface area contributed by atoms with E-state index in [9.17, 15) is 0 Å². The molecule has 1 atom stereocenters. The van der Waals surface area contributed by atoms with Crippen molar-refractivity contribution >= 4 is 5.69 Å². The lowest BCUT2D eigenvalue weighted by molar-refractivity contribution is 0.507. The lowest BCUT2D eigenvalue weighted by Gasteiger charge is -2.18. The second-order valence-corrected chi connectivity index (χ2v) is 3.67. The molecule has 0 aliphatic heterocycles. The molecule has 1 aromatic rings. The molecule has 0 saturated heterocycles. The average Bonchev–Trinajstić information content (AvgIpc) is 2.03. The van der Waals surface area contributed by atoms with E-state index in [1.54, 1.807) is 0 Å². The largest absolute Gasteiger partial charge is 0.398 e. The van der Waals surface area contributed by atoms with Crippen LogP contribution in [0, 0.1) is 0 Å². The van der Waals surface area contributed by atoms with Crippen LogP contribution in [0.15, 0.2) is 24.3 Å². The predicted octanol–water partition coefficient (Wildman–Crippen LogP) is 2.33. The molecule has 0 amide bonds. The summed E-state index contributed by atoms with van der Waals surface area (Å²) in [5.41, 5.74) is 7.90. The molecule has 0 heterocycles. The Morgan fingerprint density at radius 3 is 2.31 bits per heavy atom. The van der Waals surface area contributed by atoms with Crippen LogP contribution in [0.4, 0.5) is 5.69 Å². The van der Waals surface area contributed by atoms with Crippen molar-refractivity contribution < 1.29 is 0 Å². The fourth-order valence-corrected chi connectivity index (χ4v) is 1.50. The van der Waals surface area contributed by atoms with Crippen molar-refractivity contribution in [3.05, 3.63) is 29.8 Å². The van der Waals surface area contributed by atoms with Crippen LogP contribution in [0.3, 0.4) is 0 Å². The van der Waals surface area contributed by atoms with Crippen LogP contribution in [-0.4, -0.2) is 6.04 Å². The summed E-state index contributed by atoms with van der Waals surface area (Å²) >= 11 is 0. The summed E-state index contributed by atoms with van der Waals surface area (Å²) in [6, 6.07) is 8.78. The summed E-state index contributed by atoms with van der Waals surface area (Å²) in [5, 5.41) is 3.42. The highest BCUT2D eigenvalue weighted by Gasteiger charge is 2.08. The lowest BCUT2D eigenvalue weighted by atomic mass is 10.1. The number of hydrogen-bond donors (Lipinski definition) is 2. The summed E-state index contributed by atoms with van der Waals surface area (Å²) in [6.07, 6.45) is 0. The van der Waals surface area contributed by atoms with Crippen molar-refractivity contribution in [2.75, 3.05) is 5.73 Å². The summed E-state index contributed by atoms with van der Waals surface area (Å²) in [5.74, 6) is 0. The minimum absolute atomic E-state index is 0.321. The minimum atomic E-state index is 0.321. The zero-order valence-electron chi connectivity index (χ0n) is 8.54. The number of nitrogens with one attached hydrogen (secondary N) is 1. The Morgan fingerprint density at radius 2 is 1.77 bits per heavy atom. The average molecular weight is 178 g/mol. The highest BCUT2D eigenvalue weighted by atomic mass is 14.9. The van der Waals surface area contributed by atoms with Crippen LogP contribution in [0.2, 0.25) is 0 Å². The standard InChI is InChI=1S/C11H18N2/c1-8(2)13-9(3)10-6-4-5-7-11(10)12/h4-9,13H,12H2,1-3H3/t9-/m0/s1. The van der Waals surface area contributed by atoms with E-state index < -0.39 is 0 Å². The van der Waals surface area contributed by atoms with Crippen molar-refractivity contribution in [1.82, 2.24) is 5.32 Å². The van der Waals surface area contributed by atoms with Gasteiger partial charge < -0.3 is 11.1 Å². The van der Waals surface area contributed by atoms with Crippen molar-refractivity contribution in [2.24, 2.45) is 0 Å². The predicted molar refractivity (Wildman–Crippen MR) is 57.5 cm³/mol. The molecule has 13 heavy (non-hydrogen) atoms. The molecule has 72 valence electrons. The van der Waals surface area contributed by atoms with E-state index in [-0.39, 0.29) is 0 Å². The maximum Gasteiger partial charge on any atom is 0.0362 e. The third-order valence-electron chi connectivity index (χ3n) is 2.05. The van der Waals surface area contributed by atoms with Gasteiger partial charge in [-0.15, -0.1) is 0 Å². The molecule has 0 saturated carbocycles. The molecule has 0 spiro atoms. The van der Waals surface area contributed by atoms with E-state index in [2.05, 4.69) is 32.2 Å². The molecule has 0 aromatic heterocycles. The van der Waals surface area contributed by atoms with Gasteiger partial charge in [-0.3, -0.25) is 0 Å². The number of anilines is 1. The van der Waals surface area contributed by atoms with Crippen molar-refractivity contribution in [3.63, 3.8) is 0 Å². The monoisotopic (exact) mass is 178 g/mol. The third kappa shape index (κ3) is 2.74. The zero-order chi connectivity index (χ0) is 9.84. The summed E-state index contributed by atoms with van der Waals surface area (Å²) in [7, 11) is 0. The number of para-hydroxylation sites is 1. The SMILES string of the molecule is CC(C)N[C@@H](C)c1ccccc1N. The molecular formula is C11H18N2. The van der Waals surface area contributed by atoms with Gasteiger partial charge in [-0.1, -0.05) is 32.0 Å². The van der Waals surface area contributed by atoms with E-state index in [4.69, 9.17) is 5.73 Å². The maximum atomic E-state index is 5.86. The van der Waals surface area contributed by atoms with Gasteiger partial charge in [-0.05, 0) is 18.6 Å². The summed E-state index contributed by atoms with van der Waals surface area (Å²) in [6.45, 7) is 6.40. The highest BCUT2D eigenvalue weighted by molar-refractivity contribution is 5.47. The molecule has 0 unspecified atom stereocenters. The first kappa shape index (κ1) is 10.1. The number of rotatable bonds is 3. The van der Waals surface area contributed by atoms with Gasteiger partial charge in [0.05, 0.1) is 0 Å². The van der Waals surface area contributed by atoms with Gasteiger partial charge in [0.1, 0.15) is 0 Å². The van der Waals surface area contributed by atoms with E-state index in [0.29, 0.717) is 12.1 Å². The maximum absolute atomic E-state index is 5.86. The Bertz CT molecular complexity index is 269. The second-order valence-electron chi connectivity index (χ2n) is 3.67. The fourth-order valence-electron chi connectivity index (χ4n) is 1.50. The van der Waals surface area contributed by atoms with E-state index >= 15 is 0 Å². The molecule has 2 nitrogen and oxygen atoms in total. The van der Waals surface area contributed by atoms with Crippen molar-refractivity contribution in [3.8, 4) is 0 Å². The van der Waals surface area contributed by atoms with Gasteiger partial charge in [0.15, 0.2) is 0 Å². The Labute approximate surface area is 80.1 Å². The smallest absolute Gasteiger partial charge is 0.0362 e. The lowest BCUT2D eigenvalue weighted by Crippen LogP contribution is -2.26. The Hall–Kier alpha value is -1.02. The van der Waals surface area contributed by atoms with Gasteiger partial charge in [-0.25, -0.2) is 0 Å². The van der Waals surface area contributed by atoms with Gasteiger partial charge in [-0.2, -0.15) is 0 Å². The quantitative estimate of drug-likeness (QED) is 0.697. The molecule has 3 N–H and O–H groups in total. The summed E-state index contributed by atoms with van der Waals surface area (Å²) in [4.78, 5) is 0. The van der Waals surface area contributed by atoms with Crippen LogP contribution in [0.25, 0.3) is 0 Å².